The van der Waals surface area contributed by atoms with Crippen molar-refractivity contribution in [2.75, 3.05) is 45.8 Å². The van der Waals surface area contributed by atoms with Crippen molar-refractivity contribution in [1.82, 2.24) is 85.1 Å². The molecule has 0 unspecified atom stereocenters. The average molecular weight is 1240 g/mol. The van der Waals surface area contributed by atoms with Crippen LogP contribution in [0.4, 0.5) is 13.2 Å². The number of hydrogen-bond donors (Lipinski definition) is 4. The van der Waals surface area contributed by atoms with Crippen LogP contribution in [0.15, 0.2) is 97.5 Å². The maximum atomic E-state index is 15.2. The Bertz CT molecular complexity index is 4820. The van der Waals surface area contributed by atoms with Gasteiger partial charge in [-0.2, -0.15) is 41.0 Å². The van der Waals surface area contributed by atoms with Gasteiger partial charge in [-0.25, -0.2) is 32.2 Å². The second kappa shape index (κ2) is 25.8. The molecule has 92 heavy (non-hydrogen) atoms. The monoisotopic (exact) mass is 1240 g/mol. The van der Waals surface area contributed by atoms with Gasteiger partial charge in [-0.05, 0) is 194 Å². The lowest BCUT2D eigenvalue weighted by Gasteiger charge is -2.37. The molecule has 20 nitrogen and oxygen atoms in total. The Balaban J connectivity index is 0.000000126. The highest BCUT2D eigenvalue weighted by Crippen LogP contribution is 2.37. The molecule has 0 radical (unpaired) electrons. The summed E-state index contributed by atoms with van der Waals surface area (Å²) in [6.07, 6.45) is 11.0. The van der Waals surface area contributed by atoms with E-state index >= 15 is 13.2 Å². The highest BCUT2D eigenvalue weighted by molar-refractivity contribution is 5.90. The highest BCUT2D eigenvalue weighted by Gasteiger charge is 2.40. The molecule has 470 valence electrons. The van der Waals surface area contributed by atoms with E-state index in [9.17, 15) is 15.5 Å². The number of hydrogen-bond acceptors (Lipinski definition) is 17. The minimum absolute atomic E-state index is 0.200. The summed E-state index contributed by atoms with van der Waals surface area (Å²) >= 11 is 0. The van der Waals surface area contributed by atoms with Crippen LogP contribution in [0.3, 0.4) is 0 Å². The Kier molecular flexibility index (Phi) is 17.2. The first-order valence-corrected chi connectivity index (χ1v) is 31.5. The number of nitriles is 1. The number of aromatic nitrogens is 14. The van der Waals surface area contributed by atoms with Gasteiger partial charge in [-0.3, -0.25) is 4.68 Å². The van der Waals surface area contributed by atoms with Gasteiger partial charge in [0.05, 0.1) is 92.9 Å². The zero-order chi connectivity index (χ0) is 63.9. The van der Waals surface area contributed by atoms with E-state index in [0.29, 0.717) is 90.5 Å². The van der Waals surface area contributed by atoms with Crippen LogP contribution in [0, 0.1) is 49.6 Å². The number of aliphatic hydroxyl groups excluding tert-OH is 1. The molecule has 15 rings (SSSR count). The summed E-state index contributed by atoms with van der Waals surface area (Å²) in [5.41, 5.74) is 13.0. The van der Waals surface area contributed by atoms with E-state index in [1.165, 1.54) is 12.1 Å². The van der Waals surface area contributed by atoms with Gasteiger partial charge < -0.3 is 25.7 Å². The van der Waals surface area contributed by atoms with E-state index < -0.39 is 17.5 Å². The van der Waals surface area contributed by atoms with Crippen LogP contribution >= 0.6 is 0 Å². The normalized spacial score (nSPS) is 17.6. The molecule has 0 bridgehead atoms. The molecule has 12 aromatic rings. The summed E-state index contributed by atoms with van der Waals surface area (Å²) in [5.74, 6) is -0.473. The quantitative estimate of drug-likeness (QED) is 0.0994. The van der Waals surface area contributed by atoms with Crippen LogP contribution in [0.25, 0.3) is 88.7 Å². The third-order valence-electron chi connectivity index (χ3n) is 18.1. The molecule has 4 aromatic carbocycles. The fourth-order valence-corrected chi connectivity index (χ4v) is 13.1. The second-order valence-electron chi connectivity index (χ2n) is 24.6. The van der Waals surface area contributed by atoms with Crippen LogP contribution in [0.2, 0.25) is 0 Å². The standard InChI is InChI=1S/C24H24FN7.C23H25FN6.C22H22FN5O2/c1-3-31-8-5-16(6-9-31)21-13-19-20(25)10-18(12-23(19)29-28-21)22-11-17(4-7-26)24-27-15(2)14-32(24)30-22;1-3-4-16-10-21(29-30-13-14(2)26-23(16)30)17-9-19(24)18-12-20(27-28-22(18)11-17)15-5-7-25-8-6-15;1-12-5-13(6-14-11-28(2)27-21(12)14)18-9-16-17(23)7-15(8-19(16)26-25-18)22(30)3-4-24-10-20(22)29/h10-14,16H,3-6,8-9H2,1-2H3;9-13,15,25H,3-8H2,1-2H3;5-9,11,20,24,29-30H,3-4,10H2,1-2H3/t;;20-,22-/m..1/s1. The molecule has 4 N–H and O–H groups in total. The van der Waals surface area contributed by atoms with Crippen LogP contribution in [-0.2, 0) is 25.5 Å². The van der Waals surface area contributed by atoms with Gasteiger partial charge in [0.15, 0.2) is 11.3 Å². The molecule has 3 aliphatic heterocycles. The van der Waals surface area contributed by atoms with E-state index in [1.54, 1.807) is 44.2 Å². The van der Waals surface area contributed by atoms with E-state index in [4.69, 9.17) is 0 Å². The van der Waals surface area contributed by atoms with Gasteiger partial charge in [0.25, 0.3) is 0 Å². The van der Waals surface area contributed by atoms with E-state index in [0.717, 1.165) is 133 Å². The molecular formula is C69H71F3N18O2. The Morgan fingerprint density at radius 2 is 1.17 bits per heavy atom. The number of aryl methyl sites for hydroxylation is 5. The fourth-order valence-electron chi connectivity index (χ4n) is 13.1. The molecule has 0 saturated carbocycles. The average Bonchev–Trinajstić information content (AvgIpc) is 1.04. The van der Waals surface area contributed by atoms with Gasteiger partial charge in [-0.1, -0.05) is 20.3 Å². The van der Waals surface area contributed by atoms with Gasteiger partial charge in [0.2, 0.25) is 0 Å². The molecule has 2 atom stereocenters. The van der Waals surface area contributed by atoms with E-state index in [2.05, 4.69) is 91.3 Å². The van der Waals surface area contributed by atoms with Crippen LogP contribution in [0.5, 0.6) is 0 Å². The number of halogens is 3. The summed E-state index contributed by atoms with van der Waals surface area (Å²) in [6, 6.07) is 24.9. The summed E-state index contributed by atoms with van der Waals surface area (Å²) in [7, 11) is 1.87. The van der Waals surface area contributed by atoms with Crippen molar-refractivity contribution in [1.29, 1.82) is 5.26 Å². The molecular weight excluding hydrogens is 1170 g/mol. The number of β-amino-alcohol motifs (C(OH)–C–C–N with tert-alkyl or cyclic N) is 1. The number of imidazole rings is 2. The van der Waals surface area contributed by atoms with Crippen LogP contribution in [-0.4, -0.2) is 137 Å². The predicted octanol–water partition coefficient (Wildman–Crippen LogP) is 10.4. The SMILES string of the molecule is CCCc1cc(-c2cc(F)c3cc(C4CCNCC4)nnc3c2)nn2cc(C)nc12.CCN1CCC(c2cc3c(F)cc(-c4cc(CC#N)c5nc(C)cn5n4)cc3nn2)CC1.Cc1cc(-c2cc3c(F)cc([C@]4(O)CCNC[C@H]4O)cc3nn2)cc2cn(C)nc12. The van der Waals surface area contributed by atoms with Crippen molar-refractivity contribution >= 4 is 54.9 Å². The van der Waals surface area contributed by atoms with Crippen molar-refractivity contribution < 1.29 is 23.4 Å². The fraction of sp³-hybridized carbons (Fsp3) is 0.362. The number of rotatable bonds is 10. The predicted molar refractivity (Wildman–Crippen MR) is 346 cm³/mol. The van der Waals surface area contributed by atoms with Gasteiger partial charge in [0.1, 0.15) is 23.1 Å². The van der Waals surface area contributed by atoms with Gasteiger partial charge >= 0.3 is 0 Å². The molecule has 0 aliphatic carbocycles. The summed E-state index contributed by atoms with van der Waals surface area (Å²) in [4.78, 5) is 11.5. The molecule has 0 spiro atoms. The maximum Gasteiger partial charge on any atom is 0.158 e. The van der Waals surface area contributed by atoms with E-state index in [1.807, 2.05) is 82.7 Å². The number of piperidine rings is 3. The van der Waals surface area contributed by atoms with Crippen molar-refractivity contribution in [3.63, 3.8) is 0 Å². The Labute approximate surface area is 528 Å². The summed E-state index contributed by atoms with van der Waals surface area (Å²) < 4.78 is 50.6. The largest absolute Gasteiger partial charge is 0.388 e. The first-order valence-electron chi connectivity index (χ1n) is 31.5. The van der Waals surface area contributed by atoms with Crippen molar-refractivity contribution in [2.45, 2.75) is 110 Å². The van der Waals surface area contributed by atoms with Crippen LogP contribution in [0.1, 0.15) is 109 Å². The minimum Gasteiger partial charge on any atom is -0.388 e. The van der Waals surface area contributed by atoms with Crippen LogP contribution < -0.4 is 10.6 Å². The number of aliphatic hydroxyl groups is 2. The molecule has 11 heterocycles. The molecule has 3 saturated heterocycles. The molecule has 3 aliphatic rings. The zero-order valence-electron chi connectivity index (χ0n) is 52.3. The summed E-state index contributed by atoms with van der Waals surface area (Å²) in [5, 5.41) is 79.0. The second-order valence-corrected chi connectivity index (χ2v) is 24.6. The zero-order valence-corrected chi connectivity index (χ0v) is 52.3. The molecule has 8 aromatic heterocycles. The summed E-state index contributed by atoms with van der Waals surface area (Å²) in [6.45, 7) is 16.0. The topological polar surface area (TPSA) is 247 Å². The van der Waals surface area contributed by atoms with Crippen molar-refractivity contribution in [3.05, 3.63) is 160 Å². The smallest absolute Gasteiger partial charge is 0.158 e. The first kappa shape index (κ1) is 61.5. The number of benzene rings is 4. The molecule has 0 amide bonds. The first-order chi connectivity index (χ1) is 44.5. The Hall–Kier alpha value is -9.31. The van der Waals surface area contributed by atoms with E-state index in [-0.39, 0.29) is 31.0 Å². The number of fused-ring (bicyclic) bond motifs is 6. The Morgan fingerprint density at radius 1 is 0.609 bits per heavy atom. The lowest BCUT2D eigenvalue weighted by atomic mass is 9.82. The van der Waals surface area contributed by atoms with Crippen molar-refractivity contribution in [2.24, 2.45) is 7.05 Å². The number of nitrogens with one attached hydrogen (secondary N) is 2. The number of nitrogens with zero attached hydrogens (tertiary/aromatic N) is 16. The third-order valence-corrected chi connectivity index (χ3v) is 18.1. The van der Waals surface area contributed by atoms with Gasteiger partial charge in [0, 0.05) is 75.4 Å². The Morgan fingerprint density at radius 3 is 1.78 bits per heavy atom. The molecule has 3 fully saturated rings. The van der Waals surface area contributed by atoms with Gasteiger partial charge in [-0.15, -0.1) is 10.2 Å². The van der Waals surface area contributed by atoms with Crippen molar-refractivity contribution in [3.8, 4) is 39.8 Å². The number of likely N-dealkylation sites (tertiary alicyclic amines) is 1. The third kappa shape index (κ3) is 12.4. The maximum absolute atomic E-state index is 15.2. The highest BCUT2D eigenvalue weighted by atomic mass is 19.1. The lowest BCUT2D eigenvalue weighted by molar-refractivity contribution is -0.0977. The minimum atomic E-state index is -1.51. The molecule has 23 heteroatoms. The lowest BCUT2D eigenvalue weighted by Crippen LogP contribution is -2.51.